The van der Waals surface area contributed by atoms with Gasteiger partial charge in [0, 0.05) is 35.5 Å². The lowest BCUT2D eigenvalue weighted by Crippen LogP contribution is -2.26. The lowest BCUT2D eigenvalue weighted by atomic mass is 10.00. The van der Waals surface area contributed by atoms with Crippen molar-refractivity contribution in [2.75, 3.05) is 6.61 Å². The van der Waals surface area contributed by atoms with Crippen LogP contribution in [0.4, 0.5) is 0 Å². The smallest absolute Gasteiger partial charge is 0.331 e. The largest absolute Gasteiger partial charge is 0.464 e. The van der Waals surface area contributed by atoms with Gasteiger partial charge in [-0.25, -0.2) is 14.8 Å². The number of nitrogens with zero attached hydrogens (tertiary/aromatic N) is 3. The van der Waals surface area contributed by atoms with E-state index in [1.54, 1.807) is 18.5 Å². The Morgan fingerprint density at radius 1 is 0.818 bits per heavy atom. The number of carbonyl (C=O) groups is 1. The number of ether oxygens (including phenoxy) is 1. The van der Waals surface area contributed by atoms with Gasteiger partial charge in [0.1, 0.15) is 0 Å². The van der Waals surface area contributed by atoms with Crippen molar-refractivity contribution in [2.45, 2.75) is 19.4 Å². The van der Waals surface area contributed by atoms with E-state index in [-0.39, 0.29) is 5.97 Å². The summed E-state index contributed by atoms with van der Waals surface area (Å²) in [5.41, 5.74) is 4.58. The molecule has 5 heteroatoms. The molecule has 0 aliphatic carbocycles. The molecular weight excluding hydrogens is 410 g/mol. The van der Waals surface area contributed by atoms with Crippen molar-refractivity contribution in [3.05, 3.63) is 120 Å². The minimum atomic E-state index is -0.667. The number of carbonyl (C=O) groups excluding carboxylic acids is 1. The summed E-state index contributed by atoms with van der Waals surface area (Å²) in [6, 6.07) is 28.8. The first kappa shape index (κ1) is 22.1. The average molecular weight is 436 g/mol. The highest BCUT2D eigenvalue weighted by atomic mass is 16.5. The zero-order valence-electron chi connectivity index (χ0n) is 18.5. The first-order valence-electron chi connectivity index (χ1n) is 11.0. The summed E-state index contributed by atoms with van der Waals surface area (Å²) in [5, 5.41) is 0. The van der Waals surface area contributed by atoms with Gasteiger partial charge in [0.2, 0.25) is 0 Å². The van der Waals surface area contributed by atoms with Crippen LogP contribution in [0.15, 0.2) is 108 Å². The third kappa shape index (κ3) is 5.77. The third-order valence-electron chi connectivity index (χ3n) is 5.15. The average Bonchev–Trinajstić information content (AvgIpc) is 2.88. The van der Waals surface area contributed by atoms with Gasteiger partial charge >= 0.3 is 5.97 Å². The summed E-state index contributed by atoms with van der Waals surface area (Å²) in [4.78, 5) is 26.4. The fourth-order valence-electron chi connectivity index (χ4n) is 3.55. The van der Waals surface area contributed by atoms with Crippen LogP contribution in [0.1, 0.15) is 23.6 Å². The molecule has 1 aromatic heterocycles. The lowest BCUT2D eigenvalue weighted by molar-refractivity contribution is -0.144. The van der Waals surface area contributed by atoms with Crippen molar-refractivity contribution in [3.8, 4) is 11.4 Å². The molecule has 0 aliphatic rings. The van der Waals surface area contributed by atoms with Crippen molar-refractivity contribution in [2.24, 2.45) is 4.99 Å². The molecule has 164 valence electrons. The molecule has 0 saturated carbocycles. The minimum absolute atomic E-state index is 0.307. The molecule has 0 bridgehead atoms. The van der Waals surface area contributed by atoms with Gasteiger partial charge < -0.3 is 4.74 Å². The predicted molar refractivity (Wildman–Crippen MR) is 130 cm³/mol. The first-order valence-corrected chi connectivity index (χ1v) is 11.0. The van der Waals surface area contributed by atoms with Crippen LogP contribution in [-0.2, 0) is 16.0 Å². The Morgan fingerprint density at radius 2 is 1.39 bits per heavy atom. The molecule has 0 amide bonds. The molecule has 1 heterocycles. The van der Waals surface area contributed by atoms with E-state index in [0.29, 0.717) is 18.9 Å². The van der Waals surface area contributed by atoms with E-state index >= 15 is 0 Å². The number of hydrogen-bond donors (Lipinski definition) is 0. The first-order chi connectivity index (χ1) is 16.2. The number of aliphatic imine (C=N–C) groups is 1. The van der Waals surface area contributed by atoms with Crippen LogP contribution in [0.5, 0.6) is 0 Å². The lowest BCUT2D eigenvalue weighted by Gasteiger charge is -2.15. The second-order valence-corrected chi connectivity index (χ2v) is 7.45. The second-order valence-electron chi connectivity index (χ2n) is 7.45. The number of aromatic nitrogens is 2. The molecule has 0 aliphatic heterocycles. The van der Waals surface area contributed by atoms with Crippen LogP contribution in [-0.4, -0.2) is 34.3 Å². The van der Waals surface area contributed by atoms with Gasteiger partial charge in [0.25, 0.3) is 0 Å². The van der Waals surface area contributed by atoms with Gasteiger partial charge in [0.05, 0.1) is 12.3 Å². The molecule has 0 N–H and O–H groups in total. The Morgan fingerprint density at radius 3 is 1.94 bits per heavy atom. The zero-order valence-corrected chi connectivity index (χ0v) is 18.5. The fourth-order valence-corrected chi connectivity index (χ4v) is 3.55. The van der Waals surface area contributed by atoms with Crippen molar-refractivity contribution in [1.29, 1.82) is 0 Å². The van der Waals surface area contributed by atoms with Crippen LogP contribution in [0.2, 0.25) is 0 Å². The van der Waals surface area contributed by atoms with Gasteiger partial charge in [-0.2, -0.15) is 0 Å². The van der Waals surface area contributed by atoms with Gasteiger partial charge in [0.15, 0.2) is 11.9 Å². The summed E-state index contributed by atoms with van der Waals surface area (Å²) < 4.78 is 5.38. The molecule has 5 nitrogen and oxygen atoms in total. The highest BCUT2D eigenvalue weighted by molar-refractivity contribution is 6.13. The summed E-state index contributed by atoms with van der Waals surface area (Å²) in [7, 11) is 0. The number of benzene rings is 3. The van der Waals surface area contributed by atoms with E-state index < -0.39 is 6.04 Å². The number of esters is 1. The maximum Gasteiger partial charge on any atom is 0.331 e. The Balaban J connectivity index is 1.67. The molecule has 0 unspecified atom stereocenters. The highest BCUT2D eigenvalue weighted by Crippen LogP contribution is 2.18. The van der Waals surface area contributed by atoms with Crippen LogP contribution >= 0.6 is 0 Å². The highest BCUT2D eigenvalue weighted by Gasteiger charge is 2.21. The normalized spacial score (nSPS) is 11.4. The maximum absolute atomic E-state index is 12.9. The summed E-state index contributed by atoms with van der Waals surface area (Å²) in [5.74, 6) is 0.330. The van der Waals surface area contributed by atoms with Crippen LogP contribution in [0, 0.1) is 0 Å². The van der Waals surface area contributed by atoms with Gasteiger partial charge in [-0.15, -0.1) is 0 Å². The molecule has 1 atom stereocenters. The zero-order chi connectivity index (χ0) is 22.9. The van der Waals surface area contributed by atoms with E-state index in [1.807, 2.05) is 91.9 Å². The fraction of sp³-hybridized carbons (Fsp3) is 0.143. The Bertz CT molecular complexity index is 1150. The SMILES string of the molecule is CCOC(=O)[C@H](Cc1ccc(-c2ncccn2)cc1)N=C(c1ccccc1)c1ccccc1. The molecule has 0 fully saturated rings. The maximum atomic E-state index is 12.9. The Kier molecular flexibility index (Phi) is 7.33. The number of hydrogen-bond acceptors (Lipinski definition) is 5. The molecular formula is C28H25N3O2. The summed E-state index contributed by atoms with van der Waals surface area (Å²) >= 11 is 0. The standard InChI is InChI=1S/C28H25N3O2/c1-2-33-28(32)25(20-21-14-16-24(17-15-21)27-29-18-9-19-30-27)31-26(22-10-5-3-6-11-22)23-12-7-4-8-13-23/h3-19,25H,2,20H2,1H3/t25-/m0/s1. The van der Waals surface area contributed by atoms with Gasteiger partial charge in [-0.1, -0.05) is 84.9 Å². The van der Waals surface area contributed by atoms with Crippen molar-refractivity contribution >= 4 is 11.7 Å². The van der Waals surface area contributed by atoms with E-state index in [1.165, 1.54) is 0 Å². The van der Waals surface area contributed by atoms with E-state index in [4.69, 9.17) is 9.73 Å². The monoisotopic (exact) mass is 435 g/mol. The molecule has 0 spiro atoms. The third-order valence-corrected chi connectivity index (χ3v) is 5.15. The minimum Gasteiger partial charge on any atom is -0.464 e. The van der Waals surface area contributed by atoms with E-state index in [9.17, 15) is 4.79 Å². The molecule has 4 rings (SSSR count). The van der Waals surface area contributed by atoms with Gasteiger partial charge in [-0.3, -0.25) is 4.99 Å². The second kappa shape index (κ2) is 11.0. The predicted octanol–water partition coefficient (Wildman–Crippen LogP) is 5.16. The summed E-state index contributed by atoms with van der Waals surface area (Å²) in [6.45, 7) is 2.11. The van der Waals surface area contributed by atoms with E-state index in [0.717, 1.165) is 28.0 Å². The van der Waals surface area contributed by atoms with Crippen LogP contribution in [0.3, 0.4) is 0 Å². The van der Waals surface area contributed by atoms with Crippen LogP contribution < -0.4 is 0 Å². The van der Waals surface area contributed by atoms with Gasteiger partial charge in [-0.05, 0) is 18.6 Å². The molecule has 0 saturated heterocycles. The van der Waals surface area contributed by atoms with E-state index in [2.05, 4.69) is 9.97 Å². The molecule has 4 aromatic rings. The molecule has 3 aromatic carbocycles. The van der Waals surface area contributed by atoms with Crippen molar-refractivity contribution in [3.63, 3.8) is 0 Å². The summed E-state index contributed by atoms with van der Waals surface area (Å²) in [6.07, 6.45) is 3.87. The molecule has 0 radical (unpaired) electrons. The molecule has 33 heavy (non-hydrogen) atoms. The van der Waals surface area contributed by atoms with Crippen molar-refractivity contribution in [1.82, 2.24) is 9.97 Å². The Hall–Kier alpha value is -4.12. The van der Waals surface area contributed by atoms with Crippen molar-refractivity contribution < 1.29 is 9.53 Å². The van der Waals surface area contributed by atoms with Crippen LogP contribution in [0.25, 0.3) is 11.4 Å². The quantitative estimate of drug-likeness (QED) is 0.283. The Labute approximate surface area is 193 Å². The number of rotatable bonds is 8. The topological polar surface area (TPSA) is 64.4 Å².